The molecule has 0 fully saturated rings. The molecule has 0 aliphatic rings. The molecular weight excluding hydrogens is 309 g/mol. The second-order valence-electron chi connectivity index (χ2n) is 4.97. The van der Waals surface area contributed by atoms with Crippen molar-refractivity contribution in [3.63, 3.8) is 0 Å². The van der Waals surface area contributed by atoms with E-state index in [1.807, 2.05) is 0 Å². The first-order valence-corrected chi connectivity index (χ1v) is 7.00. The van der Waals surface area contributed by atoms with Crippen molar-refractivity contribution in [1.29, 1.82) is 0 Å². The number of benzene rings is 1. The van der Waals surface area contributed by atoms with Gasteiger partial charge in [0.2, 0.25) is 5.78 Å². The molecule has 0 aliphatic carbocycles. The van der Waals surface area contributed by atoms with Crippen LogP contribution in [0.3, 0.4) is 0 Å². The minimum atomic E-state index is -0.553. The Morgan fingerprint density at radius 1 is 1.32 bits per heavy atom. The van der Waals surface area contributed by atoms with Crippen molar-refractivity contribution >= 4 is 23.2 Å². The van der Waals surface area contributed by atoms with Gasteiger partial charge in [0.05, 0.1) is 10.7 Å². The van der Waals surface area contributed by atoms with Crippen LogP contribution in [0.2, 0.25) is 5.02 Å². The molecular formula is C16H15ClFNO3. The van der Waals surface area contributed by atoms with Gasteiger partial charge in [-0.25, -0.2) is 4.39 Å². The number of Topliss-reactive ketones (excluding diaryl/α,β-unsaturated/α-hetero) is 2. The molecule has 1 aromatic carbocycles. The molecule has 0 saturated carbocycles. The highest BCUT2D eigenvalue weighted by molar-refractivity contribution is 6.30. The predicted molar refractivity (Wildman–Crippen MR) is 81.5 cm³/mol. The van der Waals surface area contributed by atoms with Crippen LogP contribution in [0.15, 0.2) is 18.2 Å². The van der Waals surface area contributed by atoms with Crippen molar-refractivity contribution in [3.8, 4) is 5.75 Å². The van der Waals surface area contributed by atoms with E-state index in [0.717, 1.165) is 0 Å². The number of hydrogen-bond donors (Lipinski definition) is 1. The number of nitrogens with one attached hydrogen (secondary N) is 1. The minimum Gasteiger partial charge on any atom is -0.485 e. The summed E-state index contributed by atoms with van der Waals surface area (Å²) in [6.07, 6.45) is 0. The lowest BCUT2D eigenvalue weighted by Crippen LogP contribution is -2.13. The van der Waals surface area contributed by atoms with Gasteiger partial charge in [-0.1, -0.05) is 11.6 Å². The predicted octanol–water partition coefficient (Wildman–Crippen LogP) is 3.89. The van der Waals surface area contributed by atoms with E-state index in [1.165, 1.54) is 25.1 Å². The van der Waals surface area contributed by atoms with Gasteiger partial charge in [0.1, 0.15) is 11.6 Å². The van der Waals surface area contributed by atoms with Crippen LogP contribution >= 0.6 is 11.6 Å². The number of aryl methyl sites for hydroxylation is 1. The number of ether oxygens (including phenoxy) is 1. The molecule has 1 N–H and O–H groups in total. The number of rotatable bonds is 5. The second kappa shape index (κ2) is 6.32. The van der Waals surface area contributed by atoms with E-state index in [2.05, 4.69) is 4.98 Å². The second-order valence-corrected chi connectivity index (χ2v) is 5.38. The summed E-state index contributed by atoms with van der Waals surface area (Å²) < 4.78 is 18.4. The fourth-order valence-corrected chi connectivity index (χ4v) is 2.52. The number of aromatic nitrogens is 1. The molecule has 0 aliphatic heterocycles. The van der Waals surface area contributed by atoms with Crippen LogP contribution in [0.25, 0.3) is 0 Å². The molecule has 2 rings (SSSR count). The molecule has 0 saturated heterocycles. The topological polar surface area (TPSA) is 59.2 Å². The van der Waals surface area contributed by atoms with E-state index >= 15 is 0 Å². The monoisotopic (exact) mass is 323 g/mol. The SMILES string of the molecule is CC(=O)c1c(C)[nH]c(C(=O)COc2ccc(F)c(Cl)c2)c1C. The average Bonchev–Trinajstić information content (AvgIpc) is 2.75. The first kappa shape index (κ1) is 16.2. The van der Waals surface area contributed by atoms with Crippen molar-refractivity contribution in [2.24, 2.45) is 0 Å². The van der Waals surface area contributed by atoms with E-state index in [4.69, 9.17) is 16.3 Å². The molecule has 22 heavy (non-hydrogen) atoms. The maximum Gasteiger partial charge on any atom is 0.216 e. The van der Waals surface area contributed by atoms with Crippen molar-refractivity contribution in [1.82, 2.24) is 4.98 Å². The number of H-pyrrole nitrogens is 1. The molecule has 2 aromatic rings. The van der Waals surface area contributed by atoms with Gasteiger partial charge >= 0.3 is 0 Å². The summed E-state index contributed by atoms with van der Waals surface area (Å²) in [6, 6.07) is 3.86. The number of hydrogen-bond acceptors (Lipinski definition) is 3. The zero-order valence-corrected chi connectivity index (χ0v) is 13.2. The van der Waals surface area contributed by atoms with E-state index in [-0.39, 0.29) is 23.2 Å². The van der Waals surface area contributed by atoms with E-state index in [1.54, 1.807) is 13.8 Å². The van der Waals surface area contributed by atoms with Crippen LogP contribution < -0.4 is 4.74 Å². The van der Waals surface area contributed by atoms with Crippen molar-refractivity contribution in [3.05, 3.63) is 51.6 Å². The summed E-state index contributed by atoms with van der Waals surface area (Å²) in [5, 5.41) is -0.0734. The first-order valence-electron chi connectivity index (χ1n) is 6.62. The molecule has 0 radical (unpaired) electrons. The van der Waals surface area contributed by atoms with Gasteiger partial charge in [-0.15, -0.1) is 0 Å². The zero-order valence-electron chi connectivity index (χ0n) is 12.4. The Labute approximate surface area is 132 Å². The maximum atomic E-state index is 13.0. The van der Waals surface area contributed by atoms with Gasteiger partial charge in [0.25, 0.3) is 0 Å². The normalized spacial score (nSPS) is 10.6. The van der Waals surface area contributed by atoms with Crippen LogP contribution in [-0.2, 0) is 0 Å². The van der Waals surface area contributed by atoms with E-state index in [9.17, 15) is 14.0 Å². The third-order valence-electron chi connectivity index (χ3n) is 3.33. The maximum absolute atomic E-state index is 13.0. The summed E-state index contributed by atoms with van der Waals surface area (Å²) in [7, 11) is 0. The molecule has 1 heterocycles. The standard InChI is InChI=1S/C16H15ClFNO3/c1-8-15(10(3)20)9(2)19-16(8)14(21)7-22-11-4-5-13(18)12(17)6-11/h4-6,19H,7H2,1-3H3. The van der Waals surface area contributed by atoms with Gasteiger partial charge in [-0.3, -0.25) is 9.59 Å². The van der Waals surface area contributed by atoms with Crippen molar-refractivity contribution in [2.45, 2.75) is 20.8 Å². The molecule has 0 spiro atoms. The Kier molecular flexibility index (Phi) is 4.66. The summed E-state index contributed by atoms with van der Waals surface area (Å²) >= 11 is 5.65. The molecule has 4 nitrogen and oxygen atoms in total. The van der Waals surface area contributed by atoms with Gasteiger partial charge in [-0.05, 0) is 38.5 Å². The lowest BCUT2D eigenvalue weighted by Gasteiger charge is -2.06. The highest BCUT2D eigenvalue weighted by atomic mass is 35.5. The zero-order chi connectivity index (χ0) is 16.4. The van der Waals surface area contributed by atoms with Crippen LogP contribution in [0.4, 0.5) is 4.39 Å². The third kappa shape index (κ3) is 3.20. The summed E-state index contributed by atoms with van der Waals surface area (Å²) in [5.74, 6) is -0.653. The van der Waals surface area contributed by atoms with Crippen LogP contribution in [-0.4, -0.2) is 23.2 Å². The summed E-state index contributed by atoms with van der Waals surface area (Å²) in [6.45, 7) is 4.66. The van der Waals surface area contributed by atoms with Crippen molar-refractivity contribution < 1.29 is 18.7 Å². The molecule has 116 valence electrons. The molecule has 1 aromatic heterocycles. The molecule has 0 atom stereocenters. The highest BCUT2D eigenvalue weighted by Crippen LogP contribution is 2.22. The Bertz CT molecular complexity index is 752. The third-order valence-corrected chi connectivity index (χ3v) is 3.62. The van der Waals surface area contributed by atoms with Crippen LogP contribution in [0, 0.1) is 19.7 Å². The largest absolute Gasteiger partial charge is 0.485 e. The van der Waals surface area contributed by atoms with Crippen molar-refractivity contribution in [2.75, 3.05) is 6.61 Å². The number of ketones is 2. The molecule has 0 unspecified atom stereocenters. The Morgan fingerprint density at radius 3 is 2.55 bits per heavy atom. The minimum absolute atomic E-state index is 0.0734. The number of halogens is 2. The quantitative estimate of drug-likeness (QED) is 0.849. The molecule has 0 amide bonds. The number of carbonyl (C=O) groups excluding carboxylic acids is 2. The Hall–Kier alpha value is -2.14. The first-order chi connectivity index (χ1) is 10.3. The van der Waals surface area contributed by atoms with E-state index in [0.29, 0.717) is 28.3 Å². The number of carbonyl (C=O) groups is 2. The lowest BCUT2D eigenvalue weighted by molar-refractivity contribution is 0.0916. The van der Waals surface area contributed by atoms with Gasteiger partial charge in [0.15, 0.2) is 12.4 Å². The van der Waals surface area contributed by atoms with Crippen LogP contribution in [0.5, 0.6) is 5.75 Å². The van der Waals surface area contributed by atoms with Gasteiger partial charge in [-0.2, -0.15) is 0 Å². The molecule has 6 heteroatoms. The smallest absolute Gasteiger partial charge is 0.216 e. The highest BCUT2D eigenvalue weighted by Gasteiger charge is 2.20. The fourth-order valence-electron chi connectivity index (χ4n) is 2.34. The lowest BCUT2D eigenvalue weighted by atomic mass is 10.1. The average molecular weight is 324 g/mol. The molecule has 0 bridgehead atoms. The van der Waals surface area contributed by atoms with Crippen LogP contribution in [0.1, 0.15) is 39.0 Å². The fraction of sp³-hybridized carbons (Fsp3) is 0.250. The van der Waals surface area contributed by atoms with E-state index < -0.39 is 5.82 Å². The Morgan fingerprint density at radius 2 is 2.00 bits per heavy atom. The van der Waals surface area contributed by atoms with Gasteiger partial charge in [0, 0.05) is 17.3 Å². The summed E-state index contributed by atoms with van der Waals surface area (Å²) in [4.78, 5) is 26.7. The Balaban J connectivity index is 2.14. The van der Waals surface area contributed by atoms with Gasteiger partial charge < -0.3 is 9.72 Å². The number of aromatic amines is 1. The summed E-state index contributed by atoms with van der Waals surface area (Å²) in [5.41, 5.74) is 2.12.